The number of hydrogen-bond donors (Lipinski definition) is 2. The number of carbonyl (C=O) groups excluding carboxylic acids is 1. The van der Waals surface area contributed by atoms with Gasteiger partial charge in [-0.3, -0.25) is 5.32 Å². The van der Waals surface area contributed by atoms with E-state index in [1.165, 1.54) is 11.3 Å². The summed E-state index contributed by atoms with van der Waals surface area (Å²) < 4.78 is 0. The third kappa shape index (κ3) is 4.82. The van der Waals surface area contributed by atoms with Crippen LogP contribution in [0.15, 0.2) is 41.9 Å². The van der Waals surface area contributed by atoms with Gasteiger partial charge in [-0.25, -0.2) is 9.78 Å². The Balaban J connectivity index is 2.03. The van der Waals surface area contributed by atoms with Crippen LogP contribution in [0, 0.1) is 5.92 Å². The number of nitrogens with zero attached hydrogens (tertiary/aromatic N) is 2. The molecule has 0 aliphatic heterocycles. The maximum Gasteiger partial charge on any atom is 0.323 e. The van der Waals surface area contributed by atoms with Crippen LogP contribution < -0.4 is 5.32 Å². The van der Waals surface area contributed by atoms with Crippen molar-refractivity contribution in [2.75, 3.05) is 18.4 Å². The number of hydrogen-bond acceptors (Lipinski definition) is 4. The van der Waals surface area contributed by atoms with Crippen molar-refractivity contribution in [2.24, 2.45) is 5.92 Å². The summed E-state index contributed by atoms with van der Waals surface area (Å²) >= 11 is 1.37. The first-order chi connectivity index (χ1) is 10.6. The molecule has 0 unspecified atom stereocenters. The van der Waals surface area contributed by atoms with E-state index in [-0.39, 0.29) is 12.6 Å². The first-order valence-electron chi connectivity index (χ1n) is 7.24. The molecular formula is C16H21N3O2S. The van der Waals surface area contributed by atoms with Crippen LogP contribution in [-0.4, -0.2) is 34.1 Å². The van der Waals surface area contributed by atoms with E-state index >= 15 is 0 Å². The number of anilines is 1. The van der Waals surface area contributed by atoms with E-state index in [0.29, 0.717) is 17.6 Å². The van der Waals surface area contributed by atoms with Gasteiger partial charge in [-0.15, -0.1) is 11.3 Å². The largest absolute Gasteiger partial charge is 0.387 e. The normalized spacial score (nSPS) is 12.2. The summed E-state index contributed by atoms with van der Waals surface area (Å²) in [6.45, 7) is 4.90. The van der Waals surface area contributed by atoms with Gasteiger partial charge in [0, 0.05) is 18.1 Å². The highest BCUT2D eigenvalue weighted by Crippen LogP contribution is 2.17. The summed E-state index contributed by atoms with van der Waals surface area (Å²) in [5.74, 6) is 0.310. The predicted molar refractivity (Wildman–Crippen MR) is 88.9 cm³/mol. The Morgan fingerprint density at radius 1 is 1.32 bits per heavy atom. The van der Waals surface area contributed by atoms with Crippen LogP contribution >= 0.6 is 11.3 Å². The maximum atomic E-state index is 12.4. The lowest BCUT2D eigenvalue weighted by Crippen LogP contribution is -2.40. The van der Waals surface area contributed by atoms with E-state index < -0.39 is 6.10 Å². The average molecular weight is 319 g/mol. The van der Waals surface area contributed by atoms with Crippen molar-refractivity contribution in [3.63, 3.8) is 0 Å². The number of thiazole rings is 1. The summed E-state index contributed by atoms with van der Waals surface area (Å²) in [6.07, 6.45) is 0.938. The van der Waals surface area contributed by atoms with Gasteiger partial charge in [0.15, 0.2) is 5.13 Å². The van der Waals surface area contributed by atoms with Gasteiger partial charge in [-0.05, 0) is 11.5 Å². The molecule has 0 aliphatic carbocycles. The molecule has 1 aromatic heterocycles. The number of aromatic nitrogens is 1. The van der Waals surface area contributed by atoms with Gasteiger partial charge in [-0.1, -0.05) is 44.2 Å². The first kappa shape index (κ1) is 16.5. The molecule has 0 bridgehead atoms. The van der Waals surface area contributed by atoms with Gasteiger partial charge in [-0.2, -0.15) is 0 Å². The van der Waals surface area contributed by atoms with Gasteiger partial charge in [0.25, 0.3) is 0 Å². The summed E-state index contributed by atoms with van der Waals surface area (Å²) in [5, 5.41) is 15.5. The molecule has 2 N–H and O–H groups in total. The molecule has 0 saturated heterocycles. The SMILES string of the molecule is CC(C)CN(C[C@@H](O)c1ccccc1)C(=O)Nc1nccs1. The Bertz CT molecular complexity index is 572. The first-order valence-corrected chi connectivity index (χ1v) is 8.12. The number of benzene rings is 1. The molecule has 2 aromatic rings. The fourth-order valence-electron chi connectivity index (χ4n) is 2.13. The molecule has 1 heterocycles. The number of urea groups is 1. The fourth-order valence-corrected chi connectivity index (χ4v) is 2.64. The highest BCUT2D eigenvalue weighted by molar-refractivity contribution is 7.13. The van der Waals surface area contributed by atoms with Crippen LogP contribution in [-0.2, 0) is 0 Å². The van der Waals surface area contributed by atoms with Crippen LogP contribution in [0.2, 0.25) is 0 Å². The van der Waals surface area contributed by atoms with E-state index in [2.05, 4.69) is 10.3 Å². The molecule has 0 radical (unpaired) electrons. The Kier molecular flexibility index (Phi) is 5.91. The molecule has 22 heavy (non-hydrogen) atoms. The average Bonchev–Trinajstić information content (AvgIpc) is 2.99. The van der Waals surface area contributed by atoms with Crippen LogP contribution in [0.3, 0.4) is 0 Å². The van der Waals surface area contributed by atoms with Crippen molar-refractivity contribution in [3.8, 4) is 0 Å². The lowest BCUT2D eigenvalue weighted by molar-refractivity contribution is 0.121. The van der Waals surface area contributed by atoms with Crippen LogP contribution in [0.1, 0.15) is 25.5 Å². The molecule has 1 atom stereocenters. The van der Waals surface area contributed by atoms with E-state index in [9.17, 15) is 9.90 Å². The van der Waals surface area contributed by atoms with Crippen molar-refractivity contribution in [3.05, 3.63) is 47.5 Å². The molecule has 5 nitrogen and oxygen atoms in total. The van der Waals surface area contributed by atoms with E-state index in [4.69, 9.17) is 0 Å². The van der Waals surface area contributed by atoms with Gasteiger partial charge >= 0.3 is 6.03 Å². The van der Waals surface area contributed by atoms with Gasteiger partial charge in [0.1, 0.15) is 0 Å². The van der Waals surface area contributed by atoms with Crippen LogP contribution in [0.25, 0.3) is 0 Å². The van der Waals surface area contributed by atoms with Crippen molar-refractivity contribution in [1.82, 2.24) is 9.88 Å². The quantitative estimate of drug-likeness (QED) is 0.858. The van der Waals surface area contributed by atoms with Crippen LogP contribution in [0.4, 0.5) is 9.93 Å². The summed E-state index contributed by atoms with van der Waals surface area (Å²) in [7, 11) is 0. The lowest BCUT2D eigenvalue weighted by Gasteiger charge is -2.27. The summed E-state index contributed by atoms with van der Waals surface area (Å²) in [5.41, 5.74) is 0.804. The molecule has 0 fully saturated rings. The van der Waals surface area contributed by atoms with Crippen molar-refractivity contribution >= 4 is 22.5 Å². The molecule has 2 amide bonds. The molecule has 0 spiro atoms. The lowest BCUT2D eigenvalue weighted by atomic mass is 10.1. The molecule has 0 aliphatic rings. The van der Waals surface area contributed by atoms with E-state index in [1.807, 2.05) is 44.2 Å². The minimum atomic E-state index is -0.706. The molecule has 0 saturated carbocycles. The number of nitrogens with one attached hydrogen (secondary N) is 1. The minimum absolute atomic E-state index is 0.237. The summed E-state index contributed by atoms with van der Waals surface area (Å²) in [4.78, 5) is 18.1. The fraction of sp³-hybridized carbons (Fsp3) is 0.375. The highest BCUT2D eigenvalue weighted by Gasteiger charge is 2.20. The topological polar surface area (TPSA) is 65.5 Å². The third-order valence-electron chi connectivity index (χ3n) is 3.10. The predicted octanol–water partition coefficient (Wildman–Crippen LogP) is 3.37. The number of carbonyl (C=O) groups is 1. The maximum absolute atomic E-state index is 12.4. The second kappa shape index (κ2) is 7.91. The zero-order valence-corrected chi connectivity index (χ0v) is 13.6. The van der Waals surface area contributed by atoms with Crippen molar-refractivity contribution in [1.29, 1.82) is 0 Å². The van der Waals surface area contributed by atoms with Crippen molar-refractivity contribution < 1.29 is 9.90 Å². The monoisotopic (exact) mass is 319 g/mol. The van der Waals surface area contributed by atoms with E-state index in [1.54, 1.807) is 16.5 Å². The second-order valence-corrected chi connectivity index (χ2v) is 6.39. The summed E-state index contributed by atoms with van der Waals surface area (Å²) in [6, 6.07) is 9.13. The highest BCUT2D eigenvalue weighted by atomic mass is 32.1. The van der Waals surface area contributed by atoms with Crippen molar-refractivity contribution in [2.45, 2.75) is 20.0 Å². The Morgan fingerprint density at radius 2 is 2.05 bits per heavy atom. The van der Waals surface area contributed by atoms with Gasteiger partial charge in [0.05, 0.1) is 12.6 Å². The smallest absolute Gasteiger partial charge is 0.323 e. The number of rotatable bonds is 6. The number of aliphatic hydroxyl groups is 1. The standard InChI is InChI=1S/C16H21N3O2S/c1-12(2)10-19(16(21)18-15-17-8-9-22-15)11-14(20)13-6-4-3-5-7-13/h3-9,12,14,20H,10-11H2,1-2H3,(H,17,18,21)/t14-/m1/s1. The molecule has 118 valence electrons. The van der Waals surface area contributed by atoms with Gasteiger partial charge in [0.2, 0.25) is 0 Å². The Hall–Kier alpha value is -1.92. The second-order valence-electron chi connectivity index (χ2n) is 5.49. The minimum Gasteiger partial charge on any atom is -0.387 e. The molecule has 2 rings (SSSR count). The molecule has 6 heteroatoms. The van der Waals surface area contributed by atoms with E-state index in [0.717, 1.165) is 5.56 Å². The van der Waals surface area contributed by atoms with Crippen LogP contribution in [0.5, 0.6) is 0 Å². The molecule has 1 aromatic carbocycles. The number of amides is 2. The Morgan fingerprint density at radius 3 is 2.64 bits per heavy atom. The number of aliphatic hydroxyl groups excluding tert-OH is 1. The zero-order chi connectivity index (χ0) is 15.9. The third-order valence-corrected chi connectivity index (χ3v) is 3.79. The Labute approximate surface area is 134 Å². The van der Waals surface area contributed by atoms with Gasteiger partial charge < -0.3 is 10.0 Å². The zero-order valence-electron chi connectivity index (χ0n) is 12.8. The molecular weight excluding hydrogens is 298 g/mol.